The molecule has 0 N–H and O–H groups in total. The number of esters is 1. The maximum atomic E-state index is 11.4. The predicted octanol–water partition coefficient (Wildman–Crippen LogP) is 4.51. The van der Waals surface area contributed by atoms with E-state index in [2.05, 4.69) is 39.8 Å². The number of allylic oxidation sites excluding steroid dienone is 5. The average molecular weight is 307 g/mol. The first-order chi connectivity index (χ1) is 10.3. The van der Waals surface area contributed by atoms with Gasteiger partial charge in [0.2, 0.25) is 0 Å². The molecule has 0 bridgehead atoms. The number of ether oxygens (including phenoxy) is 1. The van der Waals surface area contributed by atoms with E-state index in [-0.39, 0.29) is 5.97 Å². The van der Waals surface area contributed by atoms with Crippen LogP contribution in [0.2, 0.25) is 0 Å². The van der Waals surface area contributed by atoms with Gasteiger partial charge < -0.3 is 4.74 Å². The highest BCUT2D eigenvalue weighted by atomic mass is 16.5. The van der Waals surface area contributed by atoms with Gasteiger partial charge in [0.1, 0.15) is 6.61 Å². The van der Waals surface area contributed by atoms with Crippen LogP contribution in [0, 0.1) is 0 Å². The Hall–Kier alpha value is -1.35. The van der Waals surface area contributed by atoms with Gasteiger partial charge in [-0.05, 0) is 73.5 Å². The minimum Gasteiger partial charge on any atom is -0.460 e. The van der Waals surface area contributed by atoms with Crippen LogP contribution in [0.15, 0.2) is 34.9 Å². The number of carbonyl (C=O) groups is 1. The zero-order chi connectivity index (χ0) is 17.0. The Morgan fingerprint density at radius 3 is 2.00 bits per heavy atom. The normalized spacial score (nSPS) is 12.5. The number of hydrogen-bond donors (Lipinski definition) is 0. The molecule has 0 radical (unpaired) electrons. The molecule has 0 aromatic carbocycles. The van der Waals surface area contributed by atoms with Gasteiger partial charge in [-0.25, -0.2) is 0 Å². The number of nitrogens with zero attached hydrogens (tertiary/aromatic N) is 1. The van der Waals surface area contributed by atoms with Crippen molar-refractivity contribution in [1.82, 2.24) is 4.90 Å². The summed E-state index contributed by atoms with van der Waals surface area (Å²) in [4.78, 5) is 13.2. The molecular formula is C19H33NO2. The molecule has 126 valence electrons. The summed E-state index contributed by atoms with van der Waals surface area (Å²) in [5, 5.41) is 0. The van der Waals surface area contributed by atoms with Crippen molar-refractivity contribution in [3.05, 3.63) is 34.9 Å². The topological polar surface area (TPSA) is 29.5 Å². The molecule has 0 saturated heterocycles. The van der Waals surface area contributed by atoms with Gasteiger partial charge in [0, 0.05) is 0 Å². The molecule has 3 nitrogen and oxygen atoms in total. The minimum atomic E-state index is -0.177. The van der Waals surface area contributed by atoms with E-state index in [0.717, 1.165) is 25.7 Å². The summed E-state index contributed by atoms with van der Waals surface area (Å²) >= 11 is 0. The van der Waals surface area contributed by atoms with Crippen molar-refractivity contribution in [1.29, 1.82) is 0 Å². The average Bonchev–Trinajstić information content (AvgIpc) is 2.37. The Morgan fingerprint density at radius 2 is 1.45 bits per heavy atom. The molecule has 0 aromatic heterocycles. The van der Waals surface area contributed by atoms with Crippen LogP contribution >= 0.6 is 0 Å². The van der Waals surface area contributed by atoms with Crippen LogP contribution in [-0.4, -0.2) is 38.1 Å². The zero-order valence-corrected chi connectivity index (χ0v) is 15.2. The van der Waals surface area contributed by atoms with E-state index < -0.39 is 0 Å². The lowest BCUT2D eigenvalue weighted by Gasteiger charge is -2.08. The molecule has 3 heteroatoms. The summed E-state index contributed by atoms with van der Waals surface area (Å²) in [5.74, 6) is -0.177. The monoisotopic (exact) mass is 307 g/mol. The van der Waals surface area contributed by atoms with E-state index in [9.17, 15) is 4.79 Å². The van der Waals surface area contributed by atoms with Crippen molar-refractivity contribution in [2.75, 3.05) is 27.2 Å². The fraction of sp³-hybridized carbons (Fsp3) is 0.632. The number of rotatable bonds is 10. The molecular weight excluding hydrogens is 274 g/mol. The molecule has 0 unspecified atom stereocenters. The van der Waals surface area contributed by atoms with Crippen molar-refractivity contribution in [3.63, 3.8) is 0 Å². The van der Waals surface area contributed by atoms with E-state index in [0.29, 0.717) is 13.2 Å². The van der Waals surface area contributed by atoms with Gasteiger partial charge in [-0.3, -0.25) is 9.69 Å². The SMILES string of the molecule is CC(C)=CCCC(C)=CCCC(C)=CCOC(=O)CN(C)C. The van der Waals surface area contributed by atoms with Gasteiger partial charge in [0.15, 0.2) is 0 Å². The lowest BCUT2D eigenvalue weighted by atomic mass is 10.1. The van der Waals surface area contributed by atoms with E-state index in [1.807, 2.05) is 25.1 Å². The molecule has 0 saturated carbocycles. The van der Waals surface area contributed by atoms with Crippen molar-refractivity contribution in [2.24, 2.45) is 0 Å². The highest BCUT2D eigenvalue weighted by Crippen LogP contribution is 2.11. The minimum absolute atomic E-state index is 0.177. The second-order valence-corrected chi connectivity index (χ2v) is 6.38. The van der Waals surface area contributed by atoms with Crippen LogP contribution in [0.3, 0.4) is 0 Å². The standard InChI is InChI=1S/C19H33NO2/c1-16(2)9-7-10-17(3)11-8-12-18(4)13-14-22-19(21)15-20(5)6/h9,11,13H,7-8,10,12,14-15H2,1-6H3. The molecule has 0 heterocycles. The summed E-state index contributed by atoms with van der Waals surface area (Å²) in [6, 6.07) is 0. The van der Waals surface area contributed by atoms with Crippen LogP contribution in [0.5, 0.6) is 0 Å². The third-order valence-electron chi connectivity index (χ3n) is 3.24. The van der Waals surface area contributed by atoms with Gasteiger partial charge in [-0.1, -0.05) is 28.9 Å². The van der Waals surface area contributed by atoms with Crippen molar-refractivity contribution >= 4 is 5.97 Å². The number of hydrogen-bond acceptors (Lipinski definition) is 3. The molecule has 0 aliphatic rings. The fourth-order valence-electron chi connectivity index (χ4n) is 1.92. The first kappa shape index (κ1) is 20.6. The van der Waals surface area contributed by atoms with Crippen LogP contribution in [0.25, 0.3) is 0 Å². The second-order valence-electron chi connectivity index (χ2n) is 6.38. The van der Waals surface area contributed by atoms with Crippen LogP contribution in [0.4, 0.5) is 0 Å². The number of carbonyl (C=O) groups excluding carboxylic acids is 1. The summed E-state index contributed by atoms with van der Waals surface area (Å²) in [6.07, 6.45) is 10.9. The summed E-state index contributed by atoms with van der Waals surface area (Å²) in [5.41, 5.74) is 4.10. The van der Waals surface area contributed by atoms with Crippen LogP contribution in [-0.2, 0) is 9.53 Å². The maximum absolute atomic E-state index is 11.4. The third-order valence-corrected chi connectivity index (χ3v) is 3.24. The third kappa shape index (κ3) is 13.6. The Balaban J connectivity index is 3.92. The molecule has 0 aliphatic heterocycles. The molecule has 0 amide bonds. The molecule has 0 spiro atoms. The molecule has 0 aliphatic carbocycles. The fourth-order valence-corrected chi connectivity index (χ4v) is 1.92. The quantitative estimate of drug-likeness (QED) is 0.439. The van der Waals surface area contributed by atoms with Crippen LogP contribution < -0.4 is 0 Å². The summed E-state index contributed by atoms with van der Waals surface area (Å²) in [7, 11) is 3.71. The van der Waals surface area contributed by atoms with Gasteiger partial charge in [-0.15, -0.1) is 0 Å². The first-order valence-electron chi connectivity index (χ1n) is 8.06. The van der Waals surface area contributed by atoms with Gasteiger partial charge in [-0.2, -0.15) is 0 Å². The molecule has 0 atom stereocenters. The van der Waals surface area contributed by atoms with Crippen molar-refractivity contribution in [3.8, 4) is 0 Å². The van der Waals surface area contributed by atoms with Crippen molar-refractivity contribution in [2.45, 2.75) is 53.4 Å². The van der Waals surface area contributed by atoms with E-state index >= 15 is 0 Å². The highest BCUT2D eigenvalue weighted by molar-refractivity contribution is 5.71. The molecule has 0 rings (SSSR count). The lowest BCUT2D eigenvalue weighted by Crippen LogP contribution is -2.23. The largest absolute Gasteiger partial charge is 0.460 e. The van der Waals surface area contributed by atoms with Gasteiger partial charge in [0.25, 0.3) is 0 Å². The second kappa shape index (κ2) is 12.2. The van der Waals surface area contributed by atoms with E-state index in [4.69, 9.17) is 4.74 Å². The zero-order valence-electron chi connectivity index (χ0n) is 15.2. The number of likely N-dealkylation sites (N-methyl/N-ethyl adjacent to an activating group) is 1. The van der Waals surface area contributed by atoms with Crippen LogP contribution in [0.1, 0.15) is 53.4 Å². The summed E-state index contributed by atoms with van der Waals surface area (Å²) < 4.78 is 5.15. The predicted molar refractivity (Wildman–Crippen MR) is 94.9 cm³/mol. The first-order valence-corrected chi connectivity index (χ1v) is 8.06. The van der Waals surface area contributed by atoms with Gasteiger partial charge >= 0.3 is 5.97 Å². The Kier molecular flexibility index (Phi) is 11.5. The lowest BCUT2D eigenvalue weighted by molar-refractivity contribution is -0.143. The smallest absolute Gasteiger partial charge is 0.320 e. The molecule has 22 heavy (non-hydrogen) atoms. The highest BCUT2D eigenvalue weighted by Gasteiger charge is 2.02. The Labute approximate surface area is 136 Å². The van der Waals surface area contributed by atoms with Crippen molar-refractivity contribution < 1.29 is 9.53 Å². The maximum Gasteiger partial charge on any atom is 0.320 e. The Bertz CT molecular complexity index is 413. The van der Waals surface area contributed by atoms with Gasteiger partial charge in [0.05, 0.1) is 6.54 Å². The Morgan fingerprint density at radius 1 is 0.909 bits per heavy atom. The summed E-state index contributed by atoms with van der Waals surface area (Å²) in [6.45, 7) is 9.27. The van der Waals surface area contributed by atoms with E-state index in [1.165, 1.54) is 16.7 Å². The molecule has 0 fully saturated rings. The van der Waals surface area contributed by atoms with E-state index in [1.54, 1.807) is 0 Å². The molecule has 0 aromatic rings.